The van der Waals surface area contributed by atoms with Gasteiger partial charge in [-0.15, -0.1) is 0 Å². The Bertz CT molecular complexity index is 368. The third-order valence-corrected chi connectivity index (χ3v) is 2.47. The molecule has 1 aromatic carbocycles. The van der Waals surface area contributed by atoms with Crippen molar-refractivity contribution in [2.45, 2.75) is 26.3 Å². The molecule has 0 saturated heterocycles. The van der Waals surface area contributed by atoms with Crippen molar-refractivity contribution in [3.05, 3.63) is 35.6 Å². The molecule has 1 amide bonds. The van der Waals surface area contributed by atoms with Crippen LogP contribution in [0.5, 0.6) is 0 Å². The van der Waals surface area contributed by atoms with E-state index in [0.29, 0.717) is 12.1 Å². The number of halogens is 1. The first-order valence-corrected chi connectivity index (χ1v) is 5.87. The van der Waals surface area contributed by atoms with Crippen LogP contribution in [0.2, 0.25) is 0 Å². The van der Waals surface area contributed by atoms with Crippen LogP contribution in [0.25, 0.3) is 0 Å². The van der Waals surface area contributed by atoms with Crippen LogP contribution in [0.15, 0.2) is 24.3 Å². The molecule has 0 fully saturated rings. The fraction of sp³-hybridized carbons (Fsp3) is 0.462. The number of likely N-dealkylation sites (N-methyl/N-ethyl adjacent to an activating group) is 1. The molecule has 0 aliphatic heterocycles. The first-order chi connectivity index (χ1) is 8.13. The quantitative estimate of drug-likeness (QED) is 0.788. The minimum atomic E-state index is -0.331. The average Bonchev–Trinajstić information content (AvgIpc) is 2.30. The first-order valence-electron chi connectivity index (χ1n) is 5.87. The topological polar surface area (TPSA) is 41.1 Å². The molecule has 0 aliphatic carbocycles. The van der Waals surface area contributed by atoms with Gasteiger partial charge >= 0.3 is 0 Å². The van der Waals surface area contributed by atoms with Crippen LogP contribution >= 0.6 is 0 Å². The second-order valence-electron chi connectivity index (χ2n) is 4.03. The van der Waals surface area contributed by atoms with Gasteiger partial charge in [-0.2, -0.15) is 0 Å². The van der Waals surface area contributed by atoms with Gasteiger partial charge in [0.05, 0.1) is 6.42 Å². The van der Waals surface area contributed by atoms with E-state index in [9.17, 15) is 9.18 Å². The molecule has 17 heavy (non-hydrogen) atoms. The van der Waals surface area contributed by atoms with E-state index >= 15 is 0 Å². The molecule has 2 N–H and O–H groups in total. The highest BCUT2D eigenvalue weighted by Crippen LogP contribution is 2.06. The molecular weight excluding hydrogens is 219 g/mol. The smallest absolute Gasteiger partial charge is 0.224 e. The van der Waals surface area contributed by atoms with E-state index in [-0.39, 0.29) is 24.2 Å². The number of rotatable bonds is 6. The highest BCUT2D eigenvalue weighted by Gasteiger charge is 2.08. The Morgan fingerprint density at radius 1 is 1.41 bits per heavy atom. The van der Waals surface area contributed by atoms with E-state index in [1.165, 1.54) is 6.07 Å². The van der Waals surface area contributed by atoms with Gasteiger partial charge in [0.1, 0.15) is 5.82 Å². The molecule has 3 nitrogen and oxygen atoms in total. The lowest BCUT2D eigenvalue weighted by Crippen LogP contribution is -2.39. The normalized spacial score (nSPS) is 12.2. The molecule has 0 unspecified atom stereocenters. The van der Waals surface area contributed by atoms with E-state index in [4.69, 9.17) is 0 Å². The summed E-state index contributed by atoms with van der Waals surface area (Å²) in [5.74, 6) is -0.484. The lowest BCUT2D eigenvalue weighted by atomic mass is 10.1. The van der Waals surface area contributed by atoms with Crippen LogP contribution in [0.4, 0.5) is 4.39 Å². The molecule has 1 atom stereocenters. The number of carbonyl (C=O) groups excluding carboxylic acids is 1. The number of amides is 1. The Hall–Kier alpha value is -1.42. The predicted octanol–water partition coefficient (Wildman–Crippen LogP) is 1.48. The van der Waals surface area contributed by atoms with Crippen LogP contribution in [-0.4, -0.2) is 25.0 Å². The lowest BCUT2D eigenvalue weighted by molar-refractivity contribution is -0.120. The zero-order valence-corrected chi connectivity index (χ0v) is 10.3. The van der Waals surface area contributed by atoms with Gasteiger partial charge in [0.25, 0.3) is 0 Å². The maximum Gasteiger partial charge on any atom is 0.224 e. The summed E-state index contributed by atoms with van der Waals surface area (Å²) in [7, 11) is 0. The largest absolute Gasteiger partial charge is 0.354 e. The Morgan fingerprint density at radius 2 is 2.12 bits per heavy atom. The van der Waals surface area contributed by atoms with Gasteiger partial charge in [-0.1, -0.05) is 25.1 Å². The summed E-state index contributed by atoms with van der Waals surface area (Å²) in [6.45, 7) is 5.43. The fourth-order valence-electron chi connectivity index (χ4n) is 1.56. The highest BCUT2D eigenvalue weighted by molar-refractivity contribution is 5.78. The minimum absolute atomic E-state index is 0.0888. The SMILES string of the molecule is CCN[C@H](C)CNC(=O)Cc1ccccc1F. The van der Waals surface area contributed by atoms with Crippen LogP contribution < -0.4 is 10.6 Å². The Morgan fingerprint density at radius 3 is 2.76 bits per heavy atom. The molecule has 1 rings (SSSR count). The van der Waals surface area contributed by atoms with Crippen LogP contribution in [0.3, 0.4) is 0 Å². The average molecular weight is 238 g/mol. The maximum absolute atomic E-state index is 13.3. The second kappa shape index (κ2) is 7.01. The Balaban J connectivity index is 2.37. The van der Waals surface area contributed by atoms with Crippen LogP contribution in [-0.2, 0) is 11.2 Å². The van der Waals surface area contributed by atoms with Gasteiger partial charge in [-0.05, 0) is 25.1 Å². The Kier molecular flexibility index (Phi) is 5.63. The number of hydrogen-bond donors (Lipinski definition) is 2. The molecule has 4 heteroatoms. The van der Waals surface area contributed by atoms with Crippen LogP contribution in [0.1, 0.15) is 19.4 Å². The number of hydrogen-bond acceptors (Lipinski definition) is 2. The van der Waals surface area contributed by atoms with Gasteiger partial charge in [0.15, 0.2) is 0 Å². The standard InChI is InChI=1S/C13H19FN2O/c1-3-15-10(2)9-16-13(17)8-11-6-4-5-7-12(11)14/h4-7,10,15H,3,8-9H2,1-2H3,(H,16,17)/t10-/m1/s1. The molecule has 0 aliphatic rings. The van der Waals surface area contributed by atoms with Gasteiger partial charge < -0.3 is 10.6 Å². The Labute approximate surface area is 101 Å². The van der Waals surface area contributed by atoms with Crippen molar-refractivity contribution in [1.29, 1.82) is 0 Å². The predicted molar refractivity (Wildman–Crippen MR) is 66.3 cm³/mol. The summed E-state index contributed by atoms with van der Waals surface area (Å²) in [6.07, 6.45) is 0.0888. The molecule has 0 spiro atoms. The maximum atomic E-state index is 13.3. The molecule has 0 heterocycles. The van der Waals surface area contributed by atoms with Crippen molar-refractivity contribution >= 4 is 5.91 Å². The van der Waals surface area contributed by atoms with Gasteiger partial charge in [-0.25, -0.2) is 4.39 Å². The molecule has 0 aromatic heterocycles. The number of benzene rings is 1. The molecule has 94 valence electrons. The van der Waals surface area contributed by atoms with Gasteiger partial charge in [0, 0.05) is 12.6 Å². The summed E-state index contributed by atoms with van der Waals surface area (Å²) >= 11 is 0. The van der Waals surface area contributed by atoms with E-state index in [0.717, 1.165) is 6.54 Å². The zero-order chi connectivity index (χ0) is 12.7. The third kappa shape index (κ3) is 4.95. The summed E-state index contributed by atoms with van der Waals surface area (Å²) in [5, 5.41) is 5.96. The monoisotopic (exact) mass is 238 g/mol. The van der Waals surface area contributed by atoms with Gasteiger partial charge in [-0.3, -0.25) is 4.79 Å². The van der Waals surface area contributed by atoms with Crippen LogP contribution in [0, 0.1) is 5.82 Å². The van der Waals surface area contributed by atoms with Crippen molar-refractivity contribution in [3.63, 3.8) is 0 Å². The lowest BCUT2D eigenvalue weighted by Gasteiger charge is -2.13. The van der Waals surface area contributed by atoms with E-state index in [1.54, 1.807) is 18.2 Å². The molecular formula is C13H19FN2O. The first kappa shape index (κ1) is 13.6. The second-order valence-corrected chi connectivity index (χ2v) is 4.03. The van der Waals surface area contributed by atoms with Crippen molar-refractivity contribution in [3.8, 4) is 0 Å². The number of carbonyl (C=O) groups is 1. The summed E-state index contributed by atoms with van der Waals surface area (Å²) < 4.78 is 13.3. The van der Waals surface area contributed by atoms with Crippen molar-refractivity contribution in [2.75, 3.05) is 13.1 Å². The zero-order valence-electron chi connectivity index (χ0n) is 10.3. The molecule has 1 aromatic rings. The van der Waals surface area contributed by atoms with Crippen molar-refractivity contribution in [2.24, 2.45) is 0 Å². The fourth-order valence-corrected chi connectivity index (χ4v) is 1.56. The molecule has 0 saturated carbocycles. The number of nitrogens with one attached hydrogen (secondary N) is 2. The minimum Gasteiger partial charge on any atom is -0.354 e. The summed E-state index contributed by atoms with van der Waals surface area (Å²) in [6, 6.07) is 6.56. The molecule has 0 radical (unpaired) electrons. The van der Waals surface area contributed by atoms with Gasteiger partial charge in [0.2, 0.25) is 5.91 Å². The van der Waals surface area contributed by atoms with Crippen molar-refractivity contribution in [1.82, 2.24) is 10.6 Å². The van der Waals surface area contributed by atoms with Crippen molar-refractivity contribution < 1.29 is 9.18 Å². The summed E-state index contributed by atoms with van der Waals surface area (Å²) in [5.41, 5.74) is 0.432. The highest BCUT2D eigenvalue weighted by atomic mass is 19.1. The van der Waals surface area contributed by atoms with E-state index < -0.39 is 0 Å². The van der Waals surface area contributed by atoms with E-state index in [1.807, 2.05) is 13.8 Å². The van der Waals surface area contributed by atoms with E-state index in [2.05, 4.69) is 10.6 Å². The third-order valence-electron chi connectivity index (χ3n) is 2.47. The molecule has 0 bridgehead atoms. The summed E-state index contributed by atoms with van der Waals surface area (Å²) in [4.78, 5) is 11.6.